The molecular weight excluding hydrogens is 288 g/mol. The van der Waals surface area contributed by atoms with Gasteiger partial charge in [0.25, 0.3) is 0 Å². The molecule has 0 bridgehead atoms. The number of hydrogen-bond acceptors (Lipinski definition) is 3. The van der Waals surface area contributed by atoms with Crippen LogP contribution >= 0.6 is 23.7 Å². The topological polar surface area (TPSA) is 15.3 Å². The number of benzene rings is 1. The van der Waals surface area contributed by atoms with Gasteiger partial charge in [-0.15, -0.1) is 23.7 Å². The highest BCUT2D eigenvalue weighted by molar-refractivity contribution is 7.17. The van der Waals surface area contributed by atoms with E-state index < -0.39 is 0 Å². The predicted molar refractivity (Wildman–Crippen MR) is 88.8 cm³/mol. The zero-order valence-electron chi connectivity index (χ0n) is 11.5. The molecule has 0 spiro atoms. The smallest absolute Gasteiger partial charge is 0.0346 e. The van der Waals surface area contributed by atoms with Crippen LogP contribution in [0.25, 0.3) is 10.1 Å². The van der Waals surface area contributed by atoms with Crippen molar-refractivity contribution >= 4 is 33.8 Å². The number of rotatable bonds is 2. The average molecular weight is 309 g/mol. The van der Waals surface area contributed by atoms with Gasteiger partial charge in [-0.3, -0.25) is 4.90 Å². The second-order valence-electron chi connectivity index (χ2n) is 5.96. The zero-order chi connectivity index (χ0) is 12.7. The van der Waals surface area contributed by atoms with E-state index in [0.717, 1.165) is 18.4 Å². The molecule has 0 saturated carbocycles. The number of piperidine rings is 1. The minimum atomic E-state index is 0. The number of nitrogens with zero attached hydrogens (tertiary/aromatic N) is 1. The maximum atomic E-state index is 3.55. The van der Waals surface area contributed by atoms with Crippen molar-refractivity contribution in [2.75, 3.05) is 26.2 Å². The minimum Gasteiger partial charge on any atom is -0.316 e. The van der Waals surface area contributed by atoms with Crippen LogP contribution in [-0.4, -0.2) is 31.1 Å². The Morgan fingerprint density at radius 2 is 2.05 bits per heavy atom. The highest BCUT2D eigenvalue weighted by atomic mass is 35.5. The Balaban J connectivity index is 0.00000121. The lowest BCUT2D eigenvalue weighted by atomic mass is 9.88. The van der Waals surface area contributed by atoms with Crippen LogP contribution in [0, 0.1) is 11.8 Å². The summed E-state index contributed by atoms with van der Waals surface area (Å²) in [5, 5.41) is 7.36. The number of likely N-dealkylation sites (tertiary alicyclic amines) is 1. The number of fused-ring (bicyclic) bond motifs is 2. The molecule has 4 rings (SSSR count). The molecule has 0 amide bonds. The second-order valence-corrected chi connectivity index (χ2v) is 6.87. The van der Waals surface area contributed by atoms with E-state index >= 15 is 0 Å². The summed E-state index contributed by atoms with van der Waals surface area (Å²) in [6.07, 6.45) is 1.37. The lowest BCUT2D eigenvalue weighted by Gasteiger charge is -2.34. The molecule has 4 heteroatoms. The number of nitrogens with one attached hydrogen (secondary N) is 1. The Bertz CT molecular complexity index is 583. The van der Waals surface area contributed by atoms with E-state index in [1.54, 1.807) is 0 Å². The lowest BCUT2D eigenvalue weighted by Crippen LogP contribution is -2.39. The molecule has 108 valence electrons. The normalized spacial score (nSPS) is 26.4. The fourth-order valence-electron chi connectivity index (χ4n) is 3.65. The van der Waals surface area contributed by atoms with Gasteiger partial charge in [0.1, 0.15) is 0 Å². The third-order valence-corrected chi connectivity index (χ3v) is 5.76. The molecule has 20 heavy (non-hydrogen) atoms. The monoisotopic (exact) mass is 308 g/mol. The predicted octanol–water partition coefficient (Wildman–Crippen LogP) is 3.36. The molecule has 0 radical (unpaired) electrons. The first kappa shape index (κ1) is 14.3. The molecule has 2 aromatic rings. The minimum absolute atomic E-state index is 0. The molecule has 1 aromatic heterocycles. The molecule has 2 nitrogen and oxygen atoms in total. The van der Waals surface area contributed by atoms with Crippen molar-refractivity contribution in [1.82, 2.24) is 10.2 Å². The highest BCUT2D eigenvalue weighted by Crippen LogP contribution is 2.30. The average Bonchev–Trinajstić information content (AvgIpc) is 3.06. The lowest BCUT2D eigenvalue weighted by molar-refractivity contribution is 0.143. The van der Waals surface area contributed by atoms with E-state index in [-0.39, 0.29) is 12.4 Å². The first-order valence-corrected chi connectivity index (χ1v) is 8.16. The molecule has 1 N–H and O–H groups in total. The summed E-state index contributed by atoms with van der Waals surface area (Å²) in [7, 11) is 0. The van der Waals surface area contributed by atoms with E-state index in [0.29, 0.717) is 0 Å². The van der Waals surface area contributed by atoms with Crippen LogP contribution in [-0.2, 0) is 6.54 Å². The quantitative estimate of drug-likeness (QED) is 0.915. The largest absolute Gasteiger partial charge is 0.316 e. The Morgan fingerprint density at radius 1 is 1.20 bits per heavy atom. The molecule has 0 aliphatic carbocycles. The van der Waals surface area contributed by atoms with Gasteiger partial charge < -0.3 is 5.32 Å². The van der Waals surface area contributed by atoms with Crippen molar-refractivity contribution in [1.29, 1.82) is 0 Å². The number of hydrogen-bond donors (Lipinski definition) is 1. The van der Waals surface area contributed by atoms with Crippen LogP contribution in [0.3, 0.4) is 0 Å². The summed E-state index contributed by atoms with van der Waals surface area (Å²) in [5.74, 6) is 1.83. The van der Waals surface area contributed by atoms with Gasteiger partial charge in [-0.2, -0.15) is 0 Å². The molecule has 2 saturated heterocycles. The number of halogens is 1. The van der Waals surface area contributed by atoms with Crippen LogP contribution in [0.2, 0.25) is 0 Å². The summed E-state index contributed by atoms with van der Waals surface area (Å²) in [6, 6.07) is 8.80. The van der Waals surface area contributed by atoms with Gasteiger partial charge in [0, 0.05) is 17.8 Å². The SMILES string of the molecule is Cl.c1ccc2c(CN3CCC4CNCC4C3)csc2c1. The van der Waals surface area contributed by atoms with E-state index in [9.17, 15) is 0 Å². The van der Waals surface area contributed by atoms with Crippen LogP contribution < -0.4 is 5.32 Å². The van der Waals surface area contributed by atoms with Crippen LogP contribution in [0.15, 0.2) is 29.6 Å². The van der Waals surface area contributed by atoms with Gasteiger partial charge in [-0.1, -0.05) is 18.2 Å². The zero-order valence-corrected chi connectivity index (χ0v) is 13.2. The standard InChI is InChI=1S/C16H20N2S.ClH/c1-2-4-16-15(3-1)14(11-19-16)10-18-6-5-12-7-17-8-13(12)9-18;/h1-4,11-13,17H,5-10H2;1H. The highest BCUT2D eigenvalue weighted by Gasteiger charge is 2.32. The Morgan fingerprint density at radius 3 is 3.00 bits per heavy atom. The maximum Gasteiger partial charge on any atom is 0.0346 e. The summed E-state index contributed by atoms with van der Waals surface area (Å²) in [6.45, 7) is 6.16. The maximum absolute atomic E-state index is 3.55. The van der Waals surface area contributed by atoms with Gasteiger partial charge in [0.2, 0.25) is 0 Å². The van der Waals surface area contributed by atoms with Crippen LogP contribution in [0.4, 0.5) is 0 Å². The van der Waals surface area contributed by atoms with Gasteiger partial charge >= 0.3 is 0 Å². The van der Waals surface area contributed by atoms with Crippen molar-refractivity contribution in [3.8, 4) is 0 Å². The molecular formula is C16H21ClN2S. The third-order valence-electron chi connectivity index (χ3n) is 4.74. The first-order valence-electron chi connectivity index (χ1n) is 7.28. The first-order chi connectivity index (χ1) is 9.40. The Hall–Kier alpha value is -0.610. The molecule has 3 heterocycles. The molecule has 2 aliphatic heterocycles. The van der Waals surface area contributed by atoms with Crippen molar-refractivity contribution in [3.63, 3.8) is 0 Å². The van der Waals surface area contributed by atoms with E-state index in [2.05, 4.69) is 39.9 Å². The van der Waals surface area contributed by atoms with Crippen molar-refractivity contribution < 1.29 is 0 Å². The molecule has 2 aliphatic rings. The van der Waals surface area contributed by atoms with Gasteiger partial charge in [-0.05, 0) is 60.3 Å². The van der Waals surface area contributed by atoms with Crippen molar-refractivity contribution in [2.45, 2.75) is 13.0 Å². The molecule has 2 fully saturated rings. The summed E-state index contributed by atoms with van der Waals surface area (Å²) < 4.78 is 1.43. The Kier molecular flexibility index (Phi) is 4.32. The Labute approximate surface area is 130 Å². The summed E-state index contributed by atoms with van der Waals surface area (Å²) in [4.78, 5) is 2.66. The van der Waals surface area contributed by atoms with Crippen LogP contribution in [0.1, 0.15) is 12.0 Å². The summed E-state index contributed by atoms with van der Waals surface area (Å²) >= 11 is 1.88. The summed E-state index contributed by atoms with van der Waals surface area (Å²) in [5.41, 5.74) is 1.52. The number of thiophene rings is 1. The van der Waals surface area contributed by atoms with Gasteiger partial charge in [-0.25, -0.2) is 0 Å². The fraction of sp³-hybridized carbons (Fsp3) is 0.500. The third kappa shape index (κ3) is 2.60. The van der Waals surface area contributed by atoms with Crippen molar-refractivity contribution in [3.05, 3.63) is 35.2 Å². The molecule has 1 aromatic carbocycles. The molecule has 2 unspecified atom stereocenters. The van der Waals surface area contributed by atoms with Gasteiger partial charge in [0.05, 0.1) is 0 Å². The fourth-order valence-corrected chi connectivity index (χ4v) is 4.60. The van der Waals surface area contributed by atoms with E-state index in [1.165, 1.54) is 48.2 Å². The van der Waals surface area contributed by atoms with Gasteiger partial charge in [0.15, 0.2) is 0 Å². The van der Waals surface area contributed by atoms with Crippen molar-refractivity contribution in [2.24, 2.45) is 11.8 Å². The van der Waals surface area contributed by atoms with E-state index in [4.69, 9.17) is 0 Å². The van der Waals surface area contributed by atoms with E-state index in [1.807, 2.05) is 11.3 Å². The van der Waals surface area contributed by atoms with Crippen LogP contribution in [0.5, 0.6) is 0 Å². The second kappa shape index (κ2) is 6.02. The molecule has 2 atom stereocenters.